The molecule has 4 rings (SSSR count). The first kappa shape index (κ1) is 15.7. The molecule has 116 valence electrons. The van der Waals surface area contributed by atoms with Gasteiger partial charge >= 0.3 is 0 Å². The predicted octanol–water partition coefficient (Wildman–Crippen LogP) is 3.86. The molecular weight excluding hydrogens is 317 g/mol. The Kier molecular flexibility index (Phi) is 4.40. The van der Waals surface area contributed by atoms with Gasteiger partial charge in [0.25, 0.3) is 0 Å². The van der Waals surface area contributed by atoms with Crippen molar-refractivity contribution in [3.63, 3.8) is 0 Å². The average molecular weight is 336 g/mol. The van der Waals surface area contributed by atoms with Gasteiger partial charge in [0.2, 0.25) is 0 Å². The van der Waals surface area contributed by atoms with Crippen LogP contribution in [-0.2, 0) is 11.8 Å². The Morgan fingerprint density at radius 1 is 1.18 bits per heavy atom. The van der Waals surface area contributed by atoms with Gasteiger partial charge in [0.15, 0.2) is 0 Å². The number of rotatable bonds is 2. The number of nitrogens with zero attached hydrogens (tertiary/aromatic N) is 2. The van der Waals surface area contributed by atoms with E-state index in [1.165, 1.54) is 36.1 Å². The molecule has 2 aromatic rings. The molecule has 22 heavy (non-hydrogen) atoms. The fourth-order valence-corrected chi connectivity index (χ4v) is 3.93. The molecule has 1 fully saturated rings. The van der Waals surface area contributed by atoms with Crippen LogP contribution in [0.5, 0.6) is 0 Å². The lowest BCUT2D eigenvalue weighted by atomic mass is 9.58. The monoisotopic (exact) mass is 335 g/mol. The van der Waals surface area contributed by atoms with E-state index in [2.05, 4.69) is 27.4 Å². The molecule has 1 aromatic heterocycles. The fraction of sp³-hybridized carbons (Fsp3) is 0.412. The summed E-state index contributed by atoms with van der Waals surface area (Å²) in [5.74, 6) is 0. The van der Waals surface area contributed by atoms with Crippen molar-refractivity contribution in [3.8, 4) is 0 Å². The predicted molar refractivity (Wildman–Crippen MR) is 90.7 cm³/mol. The van der Waals surface area contributed by atoms with Gasteiger partial charge in [0, 0.05) is 16.6 Å². The summed E-state index contributed by atoms with van der Waals surface area (Å²) in [6, 6.07) is 8.65. The molecule has 1 N–H and O–H groups in total. The Bertz CT molecular complexity index is 653. The lowest BCUT2D eigenvalue weighted by molar-refractivity contribution is 0.161. The minimum Gasteiger partial charge on any atom is -0.308 e. The van der Waals surface area contributed by atoms with Crippen LogP contribution < -0.4 is 5.32 Å². The number of benzene rings is 1. The molecule has 0 spiro atoms. The van der Waals surface area contributed by atoms with Gasteiger partial charge in [-0.2, -0.15) is 0 Å². The molecule has 3 nitrogen and oxygen atoms in total. The Morgan fingerprint density at radius 3 is 2.64 bits per heavy atom. The molecule has 1 aliphatic carbocycles. The third-order valence-corrected chi connectivity index (χ3v) is 5.31. The zero-order chi connectivity index (χ0) is 14.3. The van der Waals surface area contributed by atoms with E-state index in [9.17, 15) is 0 Å². The van der Waals surface area contributed by atoms with Crippen LogP contribution in [0.3, 0.4) is 0 Å². The summed E-state index contributed by atoms with van der Waals surface area (Å²) in [5, 5.41) is 4.51. The summed E-state index contributed by atoms with van der Waals surface area (Å²) in [6.45, 7) is 1.00. The number of hydrogen-bond donors (Lipinski definition) is 1. The Labute approximate surface area is 141 Å². The molecule has 0 saturated heterocycles. The molecule has 0 radical (unpaired) electrons. The zero-order valence-electron chi connectivity index (χ0n) is 12.3. The molecule has 1 atom stereocenters. The van der Waals surface area contributed by atoms with Crippen molar-refractivity contribution >= 4 is 24.0 Å². The maximum absolute atomic E-state index is 6.05. The Balaban J connectivity index is 0.00000144. The van der Waals surface area contributed by atoms with E-state index in [4.69, 9.17) is 11.6 Å². The van der Waals surface area contributed by atoms with Gasteiger partial charge in [0.05, 0.1) is 11.7 Å². The highest BCUT2D eigenvalue weighted by Gasteiger charge is 2.47. The van der Waals surface area contributed by atoms with E-state index in [1.54, 1.807) is 6.33 Å². The molecule has 0 amide bonds. The van der Waals surface area contributed by atoms with Crippen molar-refractivity contribution in [1.82, 2.24) is 15.3 Å². The third-order valence-electron chi connectivity index (χ3n) is 5.06. The standard InChI is InChI=1S/C17H18ClN3.ClH/c18-14-4-2-13(3-5-14)17(7-1-8-17)16-15-12(6-9-20-16)10-19-11-21-15;/h2-5,10-11,16,20H,1,6-9H2;1H. The van der Waals surface area contributed by atoms with Gasteiger partial charge < -0.3 is 5.32 Å². The highest BCUT2D eigenvalue weighted by Crippen LogP contribution is 2.52. The van der Waals surface area contributed by atoms with Crippen molar-refractivity contribution in [2.75, 3.05) is 6.54 Å². The normalized spacial score (nSPS) is 22.1. The van der Waals surface area contributed by atoms with Gasteiger partial charge in [-0.1, -0.05) is 30.2 Å². The molecule has 2 heterocycles. The molecule has 1 aromatic carbocycles. The van der Waals surface area contributed by atoms with Gasteiger partial charge in [-0.3, -0.25) is 0 Å². The summed E-state index contributed by atoms with van der Waals surface area (Å²) >= 11 is 6.05. The minimum atomic E-state index is 0. The van der Waals surface area contributed by atoms with Crippen molar-refractivity contribution in [2.24, 2.45) is 0 Å². The highest BCUT2D eigenvalue weighted by molar-refractivity contribution is 6.30. The molecule has 1 saturated carbocycles. The van der Waals surface area contributed by atoms with E-state index < -0.39 is 0 Å². The third kappa shape index (κ3) is 2.41. The van der Waals surface area contributed by atoms with Crippen molar-refractivity contribution in [1.29, 1.82) is 0 Å². The topological polar surface area (TPSA) is 37.8 Å². The van der Waals surface area contributed by atoms with E-state index in [1.807, 2.05) is 18.3 Å². The lowest BCUT2D eigenvalue weighted by Gasteiger charge is -2.50. The fourth-order valence-electron chi connectivity index (χ4n) is 3.81. The van der Waals surface area contributed by atoms with Crippen LogP contribution in [0.4, 0.5) is 0 Å². The summed E-state index contributed by atoms with van der Waals surface area (Å²) < 4.78 is 0. The number of hydrogen-bond acceptors (Lipinski definition) is 3. The Hall–Kier alpha value is -1.16. The summed E-state index contributed by atoms with van der Waals surface area (Å²) in [4.78, 5) is 8.78. The zero-order valence-corrected chi connectivity index (χ0v) is 13.8. The van der Waals surface area contributed by atoms with Gasteiger partial charge in [-0.15, -0.1) is 12.4 Å². The average Bonchev–Trinajstić information content (AvgIpc) is 2.48. The second kappa shape index (κ2) is 6.15. The van der Waals surface area contributed by atoms with E-state index >= 15 is 0 Å². The number of fused-ring (bicyclic) bond motifs is 1. The van der Waals surface area contributed by atoms with Gasteiger partial charge in [-0.05, 0) is 49.1 Å². The van der Waals surface area contributed by atoms with Crippen LogP contribution in [0.1, 0.15) is 42.1 Å². The van der Waals surface area contributed by atoms with Crippen LogP contribution in [0.25, 0.3) is 0 Å². The largest absolute Gasteiger partial charge is 0.308 e. The molecule has 0 bridgehead atoms. The van der Waals surface area contributed by atoms with Crippen LogP contribution in [-0.4, -0.2) is 16.5 Å². The van der Waals surface area contributed by atoms with Crippen molar-refractivity contribution < 1.29 is 0 Å². The molecular formula is C17H19Cl2N3. The Morgan fingerprint density at radius 2 is 1.95 bits per heavy atom. The van der Waals surface area contributed by atoms with Crippen LogP contribution in [0.15, 0.2) is 36.8 Å². The molecule has 1 unspecified atom stereocenters. The second-order valence-electron chi connectivity index (χ2n) is 6.09. The number of nitrogens with one attached hydrogen (secondary N) is 1. The first-order valence-corrected chi connectivity index (χ1v) is 7.96. The van der Waals surface area contributed by atoms with Gasteiger partial charge in [-0.25, -0.2) is 9.97 Å². The first-order valence-electron chi connectivity index (χ1n) is 7.58. The van der Waals surface area contributed by atoms with Crippen molar-refractivity contribution in [3.05, 3.63) is 58.6 Å². The van der Waals surface area contributed by atoms with Crippen LogP contribution in [0.2, 0.25) is 5.02 Å². The van der Waals surface area contributed by atoms with E-state index in [0.717, 1.165) is 18.0 Å². The van der Waals surface area contributed by atoms with E-state index in [0.29, 0.717) is 6.04 Å². The van der Waals surface area contributed by atoms with Crippen molar-refractivity contribution in [2.45, 2.75) is 37.1 Å². The quantitative estimate of drug-likeness (QED) is 0.905. The summed E-state index contributed by atoms with van der Waals surface area (Å²) in [5.41, 5.74) is 4.02. The summed E-state index contributed by atoms with van der Waals surface area (Å²) in [6.07, 6.45) is 8.35. The number of aromatic nitrogens is 2. The van der Waals surface area contributed by atoms with Gasteiger partial charge in [0.1, 0.15) is 6.33 Å². The first-order chi connectivity index (χ1) is 10.3. The lowest BCUT2D eigenvalue weighted by Crippen LogP contribution is -2.49. The maximum atomic E-state index is 6.05. The molecule has 1 aliphatic heterocycles. The van der Waals surface area contributed by atoms with Crippen LogP contribution >= 0.6 is 24.0 Å². The minimum absolute atomic E-state index is 0. The highest BCUT2D eigenvalue weighted by atomic mass is 35.5. The van der Waals surface area contributed by atoms with Crippen LogP contribution in [0, 0.1) is 0 Å². The number of halogens is 2. The molecule has 5 heteroatoms. The van der Waals surface area contributed by atoms with E-state index in [-0.39, 0.29) is 17.8 Å². The maximum Gasteiger partial charge on any atom is 0.115 e. The second-order valence-corrected chi connectivity index (χ2v) is 6.52. The SMILES string of the molecule is Cl.Clc1ccc(C2(C3NCCc4cncnc43)CCC2)cc1. The molecule has 2 aliphatic rings. The summed E-state index contributed by atoms with van der Waals surface area (Å²) in [7, 11) is 0. The smallest absolute Gasteiger partial charge is 0.115 e.